The molecule has 4 rings (SSSR count). The lowest BCUT2D eigenvalue weighted by atomic mass is 10.0. The molecule has 1 atom stereocenters. The topological polar surface area (TPSA) is 63.4 Å². The zero-order valence-electron chi connectivity index (χ0n) is 14.8. The Morgan fingerprint density at radius 3 is 2.19 bits per heavy atom. The molecule has 27 heavy (non-hydrogen) atoms. The summed E-state index contributed by atoms with van der Waals surface area (Å²) in [6.07, 6.45) is 0.706. The Morgan fingerprint density at radius 1 is 0.852 bits per heavy atom. The van der Waals surface area contributed by atoms with Gasteiger partial charge in [-0.3, -0.25) is 14.5 Å². The number of anilines is 1. The molecule has 0 spiro atoms. The van der Waals surface area contributed by atoms with Gasteiger partial charge in [0.05, 0.1) is 6.42 Å². The van der Waals surface area contributed by atoms with Crippen molar-refractivity contribution in [1.82, 2.24) is 0 Å². The van der Waals surface area contributed by atoms with Crippen molar-refractivity contribution in [2.24, 2.45) is 5.73 Å². The number of hydrogen-bond acceptors (Lipinski definition) is 2. The summed E-state index contributed by atoms with van der Waals surface area (Å²) in [6, 6.07) is 25.0. The van der Waals surface area contributed by atoms with E-state index in [2.05, 4.69) is 12.1 Å². The van der Waals surface area contributed by atoms with E-state index in [9.17, 15) is 9.59 Å². The SMILES string of the molecule is NC(=O)[C@H]1Cc2ccccc2N1C(=O)Cc1ccc(-c2ccccc2)cc1. The molecule has 0 radical (unpaired) electrons. The summed E-state index contributed by atoms with van der Waals surface area (Å²) in [4.78, 5) is 26.4. The fourth-order valence-electron chi connectivity index (χ4n) is 3.63. The Hall–Kier alpha value is -3.40. The first-order valence-corrected chi connectivity index (χ1v) is 8.97. The molecular formula is C23H20N2O2. The third-order valence-corrected chi connectivity index (χ3v) is 4.99. The Balaban J connectivity index is 1.55. The largest absolute Gasteiger partial charge is 0.368 e. The number of benzene rings is 3. The maximum Gasteiger partial charge on any atom is 0.240 e. The van der Waals surface area contributed by atoms with E-state index in [1.54, 1.807) is 4.90 Å². The Morgan fingerprint density at radius 2 is 1.48 bits per heavy atom. The van der Waals surface area contributed by atoms with Gasteiger partial charge in [-0.15, -0.1) is 0 Å². The lowest BCUT2D eigenvalue weighted by molar-refractivity contribution is -0.124. The zero-order valence-corrected chi connectivity index (χ0v) is 14.8. The number of fused-ring (bicyclic) bond motifs is 1. The molecule has 0 unspecified atom stereocenters. The van der Waals surface area contributed by atoms with Crippen LogP contribution in [0.25, 0.3) is 11.1 Å². The second-order valence-corrected chi connectivity index (χ2v) is 6.75. The molecule has 2 amide bonds. The van der Waals surface area contributed by atoms with Gasteiger partial charge in [0.15, 0.2) is 0 Å². The molecule has 0 fully saturated rings. The van der Waals surface area contributed by atoms with E-state index in [1.807, 2.05) is 66.7 Å². The molecule has 0 bridgehead atoms. The number of amides is 2. The van der Waals surface area contributed by atoms with Crippen LogP contribution in [-0.2, 0) is 22.4 Å². The quantitative estimate of drug-likeness (QED) is 0.779. The van der Waals surface area contributed by atoms with Crippen LogP contribution in [0.3, 0.4) is 0 Å². The molecule has 4 nitrogen and oxygen atoms in total. The predicted molar refractivity (Wildman–Crippen MR) is 106 cm³/mol. The van der Waals surface area contributed by atoms with Crippen molar-refractivity contribution in [2.75, 3.05) is 4.90 Å². The molecular weight excluding hydrogens is 336 g/mol. The summed E-state index contributed by atoms with van der Waals surface area (Å²) in [6.45, 7) is 0. The van der Waals surface area contributed by atoms with Crippen LogP contribution >= 0.6 is 0 Å². The lowest BCUT2D eigenvalue weighted by Crippen LogP contribution is -2.46. The van der Waals surface area contributed by atoms with Crippen molar-refractivity contribution in [3.05, 3.63) is 90.0 Å². The van der Waals surface area contributed by atoms with Gasteiger partial charge in [-0.05, 0) is 28.3 Å². The van der Waals surface area contributed by atoms with Crippen molar-refractivity contribution < 1.29 is 9.59 Å². The highest BCUT2D eigenvalue weighted by Gasteiger charge is 2.36. The molecule has 134 valence electrons. The third-order valence-electron chi connectivity index (χ3n) is 4.99. The zero-order chi connectivity index (χ0) is 18.8. The number of rotatable bonds is 4. The van der Waals surface area contributed by atoms with Crippen molar-refractivity contribution >= 4 is 17.5 Å². The lowest BCUT2D eigenvalue weighted by Gasteiger charge is -2.23. The number of carbonyl (C=O) groups excluding carboxylic acids is 2. The first-order chi connectivity index (χ1) is 13.1. The van der Waals surface area contributed by atoms with E-state index in [4.69, 9.17) is 5.73 Å². The molecule has 1 heterocycles. The Kier molecular flexibility index (Phi) is 4.47. The summed E-state index contributed by atoms with van der Waals surface area (Å²) in [5.41, 5.74) is 10.5. The van der Waals surface area contributed by atoms with E-state index in [0.717, 1.165) is 27.9 Å². The molecule has 0 saturated carbocycles. The third kappa shape index (κ3) is 3.34. The Bertz CT molecular complexity index is 981. The highest BCUT2D eigenvalue weighted by atomic mass is 16.2. The second kappa shape index (κ2) is 7.08. The van der Waals surface area contributed by atoms with Crippen molar-refractivity contribution in [3.63, 3.8) is 0 Å². The van der Waals surface area contributed by atoms with E-state index in [1.165, 1.54) is 0 Å². The second-order valence-electron chi connectivity index (χ2n) is 6.75. The van der Waals surface area contributed by atoms with Gasteiger partial charge in [0.1, 0.15) is 6.04 Å². The number of nitrogens with zero attached hydrogens (tertiary/aromatic N) is 1. The van der Waals surface area contributed by atoms with Crippen LogP contribution in [0.2, 0.25) is 0 Å². The van der Waals surface area contributed by atoms with E-state index in [-0.39, 0.29) is 12.3 Å². The molecule has 0 aliphatic carbocycles. The summed E-state index contributed by atoms with van der Waals surface area (Å²) in [7, 11) is 0. The van der Waals surface area contributed by atoms with Gasteiger partial charge in [0, 0.05) is 12.1 Å². The molecule has 1 aliphatic rings. The van der Waals surface area contributed by atoms with Gasteiger partial charge < -0.3 is 5.73 Å². The van der Waals surface area contributed by atoms with Crippen LogP contribution < -0.4 is 10.6 Å². The molecule has 2 N–H and O–H groups in total. The highest BCUT2D eigenvalue weighted by molar-refractivity contribution is 6.03. The van der Waals surface area contributed by atoms with Gasteiger partial charge in [-0.2, -0.15) is 0 Å². The fraction of sp³-hybridized carbons (Fsp3) is 0.130. The maximum atomic E-state index is 13.0. The van der Waals surface area contributed by atoms with Crippen LogP contribution in [0.5, 0.6) is 0 Å². The molecule has 3 aromatic carbocycles. The smallest absolute Gasteiger partial charge is 0.240 e. The van der Waals surface area contributed by atoms with Gasteiger partial charge in [0.2, 0.25) is 11.8 Å². The van der Waals surface area contributed by atoms with Crippen LogP contribution in [0, 0.1) is 0 Å². The number of hydrogen-bond donors (Lipinski definition) is 1. The van der Waals surface area contributed by atoms with E-state index in [0.29, 0.717) is 6.42 Å². The van der Waals surface area contributed by atoms with Gasteiger partial charge >= 0.3 is 0 Å². The summed E-state index contributed by atoms with van der Waals surface area (Å²) in [5, 5.41) is 0. The summed E-state index contributed by atoms with van der Waals surface area (Å²) in [5.74, 6) is -0.588. The molecule has 0 saturated heterocycles. The predicted octanol–water partition coefficient (Wildman–Crippen LogP) is 3.34. The van der Waals surface area contributed by atoms with Crippen molar-refractivity contribution in [2.45, 2.75) is 18.9 Å². The molecule has 3 aromatic rings. The van der Waals surface area contributed by atoms with Gasteiger partial charge in [-0.25, -0.2) is 0 Å². The minimum Gasteiger partial charge on any atom is -0.368 e. The molecule has 4 heteroatoms. The highest BCUT2D eigenvalue weighted by Crippen LogP contribution is 2.32. The molecule has 1 aliphatic heterocycles. The van der Waals surface area contributed by atoms with Gasteiger partial charge in [-0.1, -0.05) is 72.8 Å². The first kappa shape index (κ1) is 17.0. The van der Waals surface area contributed by atoms with E-state index >= 15 is 0 Å². The summed E-state index contributed by atoms with van der Waals surface area (Å²) < 4.78 is 0. The number of carbonyl (C=O) groups is 2. The first-order valence-electron chi connectivity index (χ1n) is 8.97. The number of nitrogens with two attached hydrogens (primary N) is 1. The van der Waals surface area contributed by atoms with Crippen LogP contribution in [0.4, 0.5) is 5.69 Å². The van der Waals surface area contributed by atoms with Crippen molar-refractivity contribution in [3.8, 4) is 11.1 Å². The Labute approximate surface area is 158 Å². The minimum absolute atomic E-state index is 0.115. The maximum absolute atomic E-state index is 13.0. The van der Waals surface area contributed by atoms with Crippen LogP contribution in [-0.4, -0.2) is 17.9 Å². The number of para-hydroxylation sites is 1. The monoisotopic (exact) mass is 356 g/mol. The number of primary amides is 1. The standard InChI is InChI=1S/C23H20N2O2/c24-23(27)21-15-19-8-4-5-9-20(19)25(21)22(26)14-16-10-12-18(13-11-16)17-6-2-1-3-7-17/h1-13,21H,14-15H2,(H2,24,27)/t21-/m1/s1. The average molecular weight is 356 g/mol. The molecule has 0 aromatic heterocycles. The average Bonchev–Trinajstić information content (AvgIpc) is 3.09. The van der Waals surface area contributed by atoms with Crippen LogP contribution in [0.1, 0.15) is 11.1 Å². The minimum atomic E-state index is -0.613. The summed E-state index contributed by atoms with van der Waals surface area (Å²) >= 11 is 0. The van der Waals surface area contributed by atoms with Crippen molar-refractivity contribution in [1.29, 1.82) is 0 Å². The normalized spacial score (nSPS) is 15.4. The van der Waals surface area contributed by atoms with Gasteiger partial charge in [0.25, 0.3) is 0 Å². The fourth-order valence-corrected chi connectivity index (χ4v) is 3.63. The van der Waals surface area contributed by atoms with E-state index < -0.39 is 11.9 Å². The van der Waals surface area contributed by atoms with Crippen LogP contribution in [0.15, 0.2) is 78.9 Å².